The first kappa shape index (κ1) is 13.6. The fourth-order valence-electron chi connectivity index (χ4n) is 2.33. The fraction of sp³-hybridized carbons (Fsp3) is 0.286. The molecule has 2 aromatic rings. The van der Waals surface area contributed by atoms with Crippen LogP contribution in [-0.2, 0) is 4.74 Å². The number of aromatic nitrogens is 2. The quantitative estimate of drug-likeness (QED) is 0.865. The van der Waals surface area contributed by atoms with E-state index < -0.39 is 5.82 Å². The van der Waals surface area contributed by atoms with Crippen LogP contribution in [0.4, 0.5) is 21.8 Å². The molecule has 4 N–H and O–H groups in total. The first-order valence-corrected chi connectivity index (χ1v) is 6.67. The number of morpholine rings is 1. The van der Waals surface area contributed by atoms with E-state index in [9.17, 15) is 4.39 Å². The molecule has 1 aliphatic heterocycles. The highest BCUT2D eigenvalue weighted by Gasteiger charge is 2.15. The van der Waals surface area contributed by atoms with Crippen LogP contribution in [0, 0.1) is 5.82 Å². The summed E-state index contributed by atoms with van der Waals surface area (Å²) in [4.78, 5) is 9.74. The van der Waals surface area contributed by atoms with Crippen LogP contribution in [0.25, 0.3) is 11.3 Å². The van der Waals surface area contributed by atoms with Crippen molar-refractivity contribution in [1.82, 2.24) is 9.97 Å². The van der Waals surface area contributed by atoms with Gasteiger partial charge in [0.1, 0.15) is 5.69 Å². The zero-order valence-electron chi connectivity index (χ0n) is 11.4. The van der Waals surface area contributed by atoms with Gasteiger partial charge in [-0.3, -0.25) is 0 Å². The summed E-state index contributed by atoms with van der Waals surface area (Å²) in [7, 11) is 0. The molecule has 0 spiro atoms. The number of nitrogens with two attached hydrogens (primary N) is 2. The molecule has 1 saturated heterocycles. The Kier molecular flexibility index (Phi) is 3.57. The van der Waals surface area contributed by atoms with Crippen LogP contribution in [0.2, 0.25) is 0 Å². The lowest BCUT2D eigenvalue weighted by molar-refractivity contribution is 0.122. The second-order valence-electron chi connectivity index (χ2n) is 4.78. The molecular weight excluding hydrogens is 273 g/mol. The standard InChI is InChI=1S/C14H16FN5O/c15-11-12(18-14(17)19-13(11)16)9-1-3-10(4-2-9)20-5-7-21-8-6-20/h1-4H,5-8H2,(H4,16,17,18,19). The second kappa shape index (κ2) is 5.53. The van der Waals surface area contributed by atoms with Gasteiger partial charge in [-0.1, -0.05) is 12.1 Å². The molecule has 0 amide bonds. The molecular formula is C14H16FN5O. The smallest absolute Gasteiger partial charge is 0.222 e. The highest BCUT2D eigenvalue weighted by molar-refractivity contribution is 5.67. The highest BCUT2D eigenvalue weighted by Crippen LogP contribution is 2.26. The van der Waals surface area contributed by atoms with E-state index in [1.807, 2.05) is 12.1 Å². The average Bonchev–Trinajstić information content (AvgIpc) is 2.52. The van der Waals surface area contributed by atoms with Crippen molar-refractivity contribution in [1.29, 1.82) is 0 Å². The van der Waals surface area contributed by atoms with E-state index in [0.29, 0.717) is 5.56 Å². The zero-order chi connectivity index (χ0) is 14.8. The number of hydrogen-bond donors (Lipinski definition) is 2. The lowest BCUT2D eigenvalue weighted by Gasteiger charge is -2.28. The molecule has 21 heavy (non-hydrogen) atoms. The maximum Gasteiger partial charge on any atom is 0.222 e. The lowest BCUT2D eigenvalue weighted by atomic mass is 10.1. The molecule has 2 heterocycles. The van der Waals surface area contributed by atoms with Crippen LogP contribution in [0.1, 0.15) is 0 Å². The Hall–Kier alpha value is -2.41. The van der Waals surface area contributed by atoms with Crippen molar-refractivity contribution in [2.45, 2.75) is 0 Å². The maximum absolute atomic E-state index is 14.0. The first-order chi connectivity index (χ1) is 10.1. The van der Waals surface area contributed by atoms with Gasteiger partial charge in [-0.25, -0.2) is 9.37 Å². The van der Waals surface area contributed by atoms with Crippen molar-refractivity contribution in [2.75, 3.05) is 42.7 Å². The van der Waals surface area contributed by atoms with Crippen LogP contribution in [0.15, 0.2) is 24.3 Å². The van der Waals surface area contributed by atoms with Gasteiger partial charge in [0.2, 0.25) is 5.95 Å². The van der Waals surface area contributed by atoms with Gasteiger partial charge in [-0.15, -0.1) is 0 Å². The summed E-state index contributed by atoms with van der Waals surface area (Å²) in [6, 6.07) is 7.45. The third kappa shape index (κ3) is 2.73. The number of hydrogen-bond acceptors (Lipinski definition) is 6. The molecule has 110 valence electrons. The molecule has 1 aromatic heterocycles. The van der Waals surface area contributed by atoms with Gasteiger partial charge in [0.25, 0.3) is 0 Å². The lowest BCUT2D eigenvalue weighted by Crippen LogP contribution is -2.36. The number of nitrogens with zero attached hydrogens (tertiary/aromatic N) is 3. The van der Waals surface area contributed by atoms with Crippen molar-refractivity contribution in [3.8, 4) is 11.3 Å². The van der Waals surface area contributed by atoms with E-state index in [4.69, 9.17) is 16.2 Å². The number of nitrogen functional groups attached to an aromatic ring is 2. The summed E-state index contributed by atoms with van der Waals surface area (Å²) in [5, 5.41) is 0. The number of rotatable bonds is 2. The Bertz CT molecular complexity index is 641. The van der Waals surface area contributed by atoms with E-state index in [1.54, 1.807) is 12.1 Å². The van der Waals surface area contributed by atoms with Crippen LogP contribution in [0.3, 0.4) is 0 Å². The molecule has 0 bridgehead atoms. The molecule has 1 aromatic carbocycles. The summed E-state index contributed by atoms with van der Waals surface area (Å²) in [6.07, 6.45) is 0. The predicted octanol–water partition coefficient (Wildman–Crippen LogP) is 1.28. The molecule has 0 saturated carbocycles. The molecule has 1 aliphatic rings. The molecule has 3 rings (SSSR count). The summed E-state index contributed by atoms with van der Waals surface area (Å²) in [5.41, 5.74) is 12.8. The van der Waals surface area contributed by atoms with Crippen LogP contribution in [0.5, 0.6) is 0 Å². The largest absolute Gasteiger partial charge is 0.381 e. The normalized spacial score (nSPS) is 15.2. The van der Waals surface area contributed by atoms with E-state index in [-0.39, 0.29) is 17.5 Å². The predicted molar refractivity (Wildman–Crippen MR) is 79.3 cm³/mol. The molecule has 6 nitrogen and oxygen atoms in total. The molecule has 1 fully saturated rings. The summed E-state index contributed by atoms with van der Waals surface area (Å²) < 4.78 is 19.3. The second-order valence-corrected chi connectivity index (χ2v) is 4.78. The minimum Gasteiger partial charge on any atom is -0.381 e. The van der Waals surface area contributed by atoms with Gasteiger partial charge in [0.15, 0.2) is 11.6 Å². The van der Waals surface area contributed by atoms with Crippen LogP contribution >= 0.6 is 0 Å². The van der Waals surface area contributed by atoms with Crippen molar-refractivity contribution >= 4 is 17.5 Å². The maximum atomic E-state index is 14.0. The SMILES string of the molecule is Nc1nc(N)c(F)c(-c2ccc(N3CCOCC3)cc2)n1. The topological polar surface area (TPSA) is 90.3 Å². The number of halogens is 1. The van der Waals surface area contributed by atoms with Gasteiger partial charge >= 0.3 is 0 Å². The summed E-state index contributed by atoms with van der Waals surface area (Å²) in [5.74, 6) is -0.931. The molecule has 0 radical (unpaired) electrons. The summed E-state index contributed by atoms with van der Waals surface area (Å²) >= 11 is 0. The van der Waals surface area contributed by atoms with Crippen LogP contribution < -0.4 is 16.4 Å². The number of benzene rings is 1. The molecule has 0 aliphatic carbocycles. The minimum atomic E-state index is -0.650. The third-order valence-corrected chi connectivity index (χ3v) is 3.41. The van der Waals surface area contributed by atoms with Crippen molar-refractivity contribution in [2.24, 2.45) is 0 Å². The molecule has 0 atom stereocenters. The zero-order valence-corrected chi connectivity index (χ0v) is 11.4. The highest BCUT2D eigenvalue weighted by atomic mass is 19.1. The average molecular weight is 289 g/mol. The van der Waals surface area contributed by atoms with Crippen LogP contribution in [-0.4, -0.2) is 36.3 Å². The number of ether oxygens (including phenoxy) is 1. The van der Waals surface area contributed by atoms with Gasteiger partial charge < -0.3 is 21.1 Å². The van der Waals surface area contributed by atoms with Gasteiger partial charge in [0.05, 0.1) is 13.2 Å². The van der Waals surface area contributed by atoms with E-state index in [2.05, 4.69) is 14.9 Å². The Morgan fingerprint density at radius 2 is 1.71 bits per heavy atom. The Morgan fingerprint density at radius 1 is 1.05 bits per heavy atom. The Balaban J connectivity index is 1.90. The van der Waals surface area contributed by atoms with Crippen molar-refractivity contribution < 1.29 is 9.13 Å². The van der Waals surface area contributed by atoms with Crippen molar-refractivity contribution in [3.63, 3.8) is 0 Å². The van der Waals surface area contributed by atoms with Gasteiger partial charge in [0, 0.05) is 24.3 Å². The fourth-order valence-corrected chi connectivity index (χ4v) is 2.33. The monoisotopic (exact) mass is 289 g/mol. The third-order valence-electron chi connectivity index (χ3n) is 3.41. The Morgan fingerprint density at radius 3 is 2.38 bits per heavy atom. The van der Waals surface area contributed by atoms with Gasteiger partial charge in [-0.2, -0.15) is 4.98 Å². The van der Waals surface area contributed by atoms with E-state index >= 15 is 0 Å². The van der Waals surface area contributed by atoms with Crippen molar-refractivity contribution in [3.05, 3.63) is 30.1 Å². The Labute approximate surface area is 121 Å². The van der Waals surface area contributed by atoms with Gasteiger partial charge in [-0.05, 0) is 12.1 Å². The molecule has 7 heteroatoms. The molecule has 0 unspecified atom stereocenters. The minimum absolute atomic E-state index is 0.0406. The first-order valence-electron chi connectivity index (χ1n) is 6.67. The summed E-state index contributed by atoms with van der Waals surface area (Å²) in [6.45, 7) is 3.13. The van der Waals surface area contributed by atoms with E-state index in [0.717, 1.165) is 32.0 Å². The van der Waals surface area contributed by atoms with E-state index in [1.165, 1.54) is 0 Å². The number of anilines is 3.